The van der Waals surface area contributed by atoms with Crippen LogP contribution in [0.4, 0.5) is 0 Å². The van der Waals surface area contributed by atoms with E-state index in [9.17, 15) is 4.79 Å². The number of carbonyl (C=O) groups is 1. The molecule has 0 aromatic rings. The van der Waals surface area contributed by atoms with Crippen LogP contribution in [0.2, 0.25) is 0 Å². The predicted molar refractivity (Wildman–Crippen MR) is 54.2 cm³/mol. The highest BCUT2D eigenvalue weighted by atomic mass is 16.5. The van der Waals surface area contributed by atoms with Crippen molar-refractivity contribution in [2.45, 2.75) is 25.7 Å². The zero-order valence-corrected chi connectivity index (χ0v) is 8.71. The van der Waals surface area contributed by atoms with Gasteiger partial charge in [-0.1, -0.05) is 6.42 Å². The van der Waals surface area contributed by atoms with Gasteiger partial charge in [-0.05, 0) is 12.8 Å². The lowest BCUT2D eigenvalue weighted by molar-refractivity contribution is -0.125. The summed E-state index contributed by atoms with van der Waals surface area (Å²) in [6.07, 6.45) is 4.27. The fraction of sp³-hybridized carbons (Fsp3) is 0.909. The highest BCUT2D eigenvalue weighted by Gasteiger charge is 2.24. The lowest BCUT2D eigenvalue weighted by atomic mass is 9.87. The van der Waals surface area contributed by atoms with Crippen LogP contribution in [0.5, 0.6) is 0 Å². The average Bonchev–Trinajstić information content (AvgIpc) is 2.23. The molecule has 80 valence electrons. The highest BCUT2D eigenvalue weighted by molar-refractivity contribution is 5.81. The van der Waals surface area contributed by atoms with E-state index in [0.29, 0.717) is 11.7 Å². The zero-order valence-electron chi connectivity index (χ0n) is 8.71. The van der Waals surface area contributed by atoms with Crippen molar-refractivity contribution >= 4 is 5.78 Å². The van der Waals surface area contributed by atoms with Crippen molar-refractivity contribution in [1.82, 2.24) is 4.90 Å². The molecule has 0 N–H and O–H groups in total. The second-order valence-electron chi connectivity index (χ2n) is 4.32. The second kappa shape index (κ2) is 4.89. The normalized spacial score (nSPS) is 30.6. The van der Waals surface area contributed by atoms with Crippen molar-refractivity contribution in [1.29, 1.82) is 0 Å². The third-order valence-electron chi connectivity index (χ3n) is 3.26. The van der Waals surface area contributed by atoms with E-state index in [2.05, 4.69) is 4.90 Å². The van der Waals surface area contributed by atoms with Gasteiger partial charge in [0.15, 0.2) is 0 Å². The van der Waals surface area contributed by atoms with Crippen LogP contribution in [0.25, 0.3) is 0 Å². The Bertz CT molecular complexity index is 199. The van der Waals surface area contributed by atoms with Crippen molar-refractivity contribution in [3.05, 3.63) is 0 Å². The van der Waals surface area contributed by atoms with Crippen LogP contribution in [-0.4, -0.2) is 43.5 Å². The zero-order chi connectivity index (χ0) is 9.80. The molecule has 1 atom stereocenters. The Morgan fingerprint density at radius 1 is 1.29 bits per heavy atom. The average molecular weight is 197 g/mol. The molecule has 1 saturated carbocycles. The summed E-state index contributed by atoms with van der Waals surface area (Å²) in [6, 6.07) is 0. The molecule has 1 aliphatic carbocycles. The van der Waals surface area contributed by atoms with Crippen LogP contribution in [-0.2, 0) is 9.53 Å². The molecule has 1 saturated heterocycles. The van der Waals surface area contributed by atoms with Crippen molar-refractivity contribution < 1.29 is 9.53 Å². The smallest absolute Gasteiger partial charge is 0.137 e. The largest absolute Gasteiger partial charge is 0.379 e. The molecule has 2 fully saturated rings. The maximum absolute atomic E-state index is 11.6. The topological polar surface area (TPSA) is 29.5 Å². The highest BCUT2D eigenvalue weighted by Crippen LogP contribution is 2.21. The minimum absolute atomic E-state index is 0.321. The molecule has 0 radical (unpaired) electrons. The van der Waals surface area contributed by atoms with Crippen LogP contribution < -0.4 is 0 Å². The number of Topliss-reactive ketones (excluding diaryl/α,β-unsaturated/α-hetero) is 1. The first kappa shape index (κ1) is 10.1. The van der Waals surface area contributed by atoms with Gasteiger partial charge in [-0.25, -0.2) is 0 Å². The molecule has 1 unspecified atom stereocenters. The molecular weight excluding hydrogens is 178 g/mol. The first-order chi connectivity index (χ1) is 6.86. The van der Waals surface area contributed by atoms with Crippen molar-refractivity contribution in [2.75, 3.05) is 32.8 Å². The molecule has 0 amide bonds. The Hall–Kier alpha value is -0.410. The number of nitrogens with zero attached hydrogens (tertiary/aromatic N) is 1. The van der Waals surface area contributed by atoms with Crippen molar-refractivity contribution in [3.63, 3.8) is 0 Å². The number of rotatable bonds is 2. The summed E-state index contributed by atoms with van der Waals surface area (Å²) in [6.45, 7) is 4.65. The molecule has 1 heterocycles. The fourth-order valence-corrected chi connectivity index (χ4v) is 2.34. The predicted octanol–water partition coefficient (Wildman–Crippen LogP) is 1.08. The summed E-state index contributed by atoms with van der Waals surface area (Å²) in [5.74, 6) is 0.810. The third-order valence-corrected chi connectivity index (χ3v) is 3.26. The van der Waals surface area contributed by atoms with Crippen LogP contribution >= 0.6 is 0 Å². The molecule has 14 heavy (non-hydrogen) atoms. The minimum atomic E-state index is 0.321. The van der Waals surface area contributed by atoms with Crippen LogP contribution in [0.1, 0.15) is 25.7 Å². The Morgan fingerprint density at radius 3 is 2.79 bits per heavy atom. The molecule has 3 heteroatoms. The monoisotopic (exact) mass is 197 g/mol. The van der Waals surface area contributed by atoms with Gasteiger partial charge in [0.2, 0.25) is 0 Å². The van der Waals surface area contributed by atoms with E-state index < -0.39 is 0 Å². The molecule has 1 aliphatic heterocycles. The maximum atomic E-state index is 11.6. The second-order valence-corrected chi connectivity index (χ2v) is 4.32. The Labute approximate surface area is 85.4 Å². The number of carbonyl (C=O) groups excluding carboxylic acids is 1. The summed E-state index contributed by atoms with van der Waals surface area (Å²) >= 11 is 0. The number of hydrogen-bond donors (Lipinski definition) is 0. The van der Waals surface area contributed by atoms with Crippen LogP contribution in [0.15, 0.2) is 0 Å². The number of morpholine rings is 1. The molecule has 0 aromatic carbocycles. The standard InChI is InChI=1S/C11H19NO2/c13-11-4-2-1-3-10(11)9-12-5-7-14-8-6-12/h10H,1-9H2. The fourth-order valence-electron chi connectivity index (χ4n) is 2.34. The molecule has 2 rings (SSSR count). The maximum Gasteiger partial charge on any atom is 0.137 e. The van der Waals surface area contributed by atoms with Gasteiger partial charge in [-0.3, -0.25) is 9.69 Å². The molecule has 0 aromatic heterocycles. The van der Waals surface area contributed by atoms with Crippen LogP contribution in [0, 0.1) is 5.92 Å². The number of ketones is 1. The van der Waals surface area contributed by atoms with Gasteiger partial charge < -0.3 is 4.74 Å². The van der Waals surface area contributed by atoms with Gasteiger partial charge >= 0.3 is 0 Å². The molecule has 0 spiro atoms. The van der Waals surface area contributed by atoms with E-state index >= 15 is 0 Å². The van der Waals surface area contributed by atoms with E-state index in [0.717, 1.165) is 52.1 Å². The Balaban J connectivity index is 1.79. The summed E-state index contributed by atoms with van der Waals surface area (Å²) in [5, 5.41) is 0. The van der Waals surface area contributed by atoms with E-state index in [1.54, 1.807) is 0 Å². The van der Waals surface area contributed by atoms with Gasteiger partial charge in [0.05, 0.1) is 13.2 Å². The first-order valence-corrected chi connectivity index (χ1v) is 5.69. The Kier molecular flexibility index (Phi) is 3.54. The van der Waals surface area contributed by atoms with E-state index in [-0.39, 0.29) is 0 Å². The van der Waals surface area contributed by atoms with Crippen LogP contribution in [0.3, 0.4) is 0 Å². The number of hydrogen-bond acceptors (Lipinski definition) is 3. The molecular formula is C11H19NO2. The first-order valence-electron chi connectivity index (χ1n) is 5.69. The van der Waals surface area contributed by atoms with Gasteiger partial charge in [-0.15, -0.1) is 0 Å². The summed E-state index contributed by atoms with van der Waals surface area (Å²) in [5.41, 5.74) is 0. The van der Waals surface area contributed by atoms with Crippen molar-refractivity contribution in [2.24, 2.45) is 5.92 Å². The quantitative estimate of drug-likeness (QED) is 0.663. The summed E-state index contributed by atoms with van der Waals surface area (Å²) < 4.78 is 5.29. The van der Waals surface area contributed by atoms with Crippen molar-refractivity contribution in [3.8, 4) is 0 Å². The molecule has 2 aliphatic rings. The SMILES string of the molecule is O=C1CCCCC1CN1CCOCC1. The third kappa shape index (κ3) is 2.55. The van der Waals surface area contributed by atoms with Gasteiger partial charge in [0.1, 0.15) is 5.78 Å². The summed E-state index contributed by atoms with van der Waals surface area (Å²) in [4.78, 5) is 14.0. The van der Waals surface area contributed by atoms with Gasteiger partial charge in [-0.2, -0.15) is 0 Å². The Morgan fingerprint density at radius 2 is 2.07 bits per heavy atom. The minimum Gasteiger partial charge on any atom is -0.379 e. The van der Waals surface area contributed by atoms with E-state index in [1.807, 2.05) is 0 Å². The van der Waals surface area contributed by atoms with E-state index in [4.69, 9.17) is 4.74 Å². The number of ether oxygens (including phenoxy) is 1. The molecule has 0 bridgehead atoms. The van der Waals surface area contributed by atoms with Gasteiger partial charge in [0.25, 0.3) is 0 Å². The summed E-state index contributed by atoms with van der Waals surface area (Å²) in [7, 11) is 0. The molecule has 3 nitrogen and oxygen atoms in total. The van der Waals surface area contributed by atoms with E-state index in [1.165, 1.54) is 6.42 Å². The lowest BCUT2D eigenvalue weighted by Gasteiger charge is -2.31. The van der Waals surface area contributed by atoms with Gasteiger partial charge in [0, 0.05) is 32.0 Å². The lowest BCUT2D eigenvalue weighted by Crippen LogP contribution is -2.41.